The first kappa shape index (κ1) is 18.8. The molecule has 0 radical (unpaired) electrons. The molecule has 1 aliphatic rings. The molecule has 5 rings (SSSR count). The molecule has 29 heavy (non-hydrogen) atoms. The number of nitrogens with zero attached hydrogens (tertiary/aromatic N) is 3. The van der Waals surface area contributed by atoms with Crippen molar-refractivity contribution in [1.29, 1.82) is 0 Å². The number of β-lactam (4-membered cyclic amide) rings is 1. The number of hydrogen-bond acceptors (Lipinski definition) is 5. The van der Waals surface area contributed by atoms with Crippen LogP contribution in [0.5, 0.6) is 0 Å². The van der Waals surface area contributed by atoms with Gasteiger partial charge in [-0.15, -0.1) is 22.7 Å². The third-order valence-corrected chi connectivity index (χ3v) is 6.97. The summed E-state index contributed by atoms with van der Waals surface area (Å²) in [6, 6.07) is 15.2. The molecule has 4 nitrogen and oxygen atoms in total. The van der Waals surface area contributed by atoms with Gasteiger partial charge < -0.3 is 0 Å². The summed E-state index contributed by atoms with van der Waals surface area (Å²) in [6.45, 7) is 0. The summed E-state index contributed by atoms with van der Waals surface area (Å²) in [6.07, 6.45) is 0.481. The predicted octanol–water partition coefficient (Wildman–Crippen LogP) is 6.72. The molecule has 8 heteroatoms. The van der Waals surface area contributed by atoms with Crippen molar-refractivity contribution < 1.29 is 4.79 Å². The fourth-order valence-corrected chi connectivity index (χ4v) is 5.22. The van der Waals surface area contributed by atoms with Crippen LogP contribution in [0.1, 0.15) is 18.0 Å². The Labute approximate surface area is 185 Å². The Bertz CT molecular complexity index is 1190. The molecule has 2 aromatic heterocycles. The molecule has 0 bridgehead atoms. The van der Waals surface area contributed by atoms with Crippen LogP contribution in [0, 0.1) is 0 Å². The minimum absolute atomic E-state index is 0.000287. The number of benzene rings is 2. The molecular weight excluding hydrogens is 445 g/mol. The fourth-order valence-electron chi connectivity index (χ4n) is 3.23. The average molecular weight is 458 g/mol. The molecular formula is C21H13Cl2N3OS2. The van der Waals surface area contributed by atoms with Gasteiger partial charge in [-0.2, -0.15) is 0 Å². The van der Waals surface area contributed by atoms with E-state index in [2.05, 4.69) is 0 Å². The van der Waals surface area contributed by atoms with Crippen LogP contribution in [0.4, 0.5) is 5.13 Å². The van der Waals surface area contributed by atoms with Gasteiger partial charge >= 0.3 is 0 Å². The highest BCUT2D eigenvalue weighted by molar-refractivity contribution is 7.16. The van der Waals surface area contributed by atoms with Crippen molar-refractivity contribution in [3.8, 4) is 22.0 Å². The van der Waals surface area contributed by atoms with Gasteiger partial charge in [0.1, 0.15) is 10.7 Å². The Hall–Kier alpha value is -2.25. The SMILES string of the molecule is O=C1CC(c2ccc(Cl)cc2)N1c1nc(-c2nc(-c3ccc(Cl)cc3)cs2)cs1. The molecule has 1 aliphatic heterocycles. The van der Waals surface area contributed by atoms with Crippen molar-refractivity contribution in [1.82, 2.24) is 9.97 Å². The Morgan fingerprint density at radius 1 is 0.862 bits per heavy atom. The Morgan fingerprint density at radius 2 is 1.52 bits per heavy atom. The molecule has 3 heterocycles. The first-order valence-corrected chi connectivity index (χ1v) is 11.3. The highest BCUT2D eigenvalue weighted by Crippen LogP contribution is 2.42. The van der Waals surface area contributed by atoms with Gasteiger partial charge in [0.15, 0.2) is 5.13 Å². The lowest BCUT2D eigenvalue weighted by atomic mass is 9.95. The molecule has 1 fully saturated rings. The molecule has 144 valence electrons. The van der Waals surface area contributed by atoms with Crippen LogP contribution in [0.25, 0.3) is 22.0 Å². The van der Waals surface area contributed by atoms with Gasteiger partial charge in [-0.1, -0.05) is 47.5 Å². The summed E-state index contributed by atoms with van der Waals surface area (Å²) >= 11 is 14.9. The van der Waals surface area contributed by atoms with Crippen LogP contribution in [-0.2, 0) is 4.79 Å². The van der Waals surface area contributed by atoms with Gasteiger partial charge in [-0.25, -0.2) is 9.97 Å². The van der Waals surface area contributed by atoms with E-state index >= 15 is 0 Å². The minimum atomic E-state index is -0.000287. The Balaban J connectivity index is 1.40. The number of carbonyl (C=O) groups excluding carboxylic acids is 1. The smallest absolute Gasteiger partial charge is 0.231 e. The lowest BCUT2D eigenvalue weighted by Gasteiger charge is -2.38. The number of aromatic nitrogens is 2. The maximum absolute atomic E-state index is 12.3. The monoisotopic (exact) mass is 457 g/mol. The zero-order valence-electron chi connectivity index (χ0n) is 14.9. The summed E-state index contributed by atoms with van der Waals surface area (Å²) in [5.41, 5.74) is 3.73. The van der Waals surface area contributed by atoms with Crippen molar-refractivity contribution >= 4 is 56.9 Å². The highest BCUT2D eigenvalue weighted by atomic mass is 35.5. The summed E-state index contributed by atoms with van der Waals surface area (Å²) in [4.78, 5) is 23.4. The summed E-state index contributed by atoms with van der Waals surface area (Å²) < 4.78 is 0. The minimum Gasteiger partial charge on any atom is -0.280 e. The first-order chi connectivity index (χ1) is 14.1. The molecule has 1 saturated heterocycles. The number of rotatable bonds is 4. The zero-order valence-corrected chi connectivity index (χ0v) is 18.0. The van der Waals surface area contributed by atoms with Gasteiger partial charge in [0.2, 0.25) is 5.91 Å². The molecule has 1 amide bonds. The number of anilines is 1. The number of hydrogen-bond donors (Lipinski definition) is 0. The second kappa shape index (κ2) is 7.54. The van der Waals surface area contributed by atoms with Gasteiger partial charge in [0, 0.05) is 26.4 Å². The molecule has 2 aromatic carbocycles. The molecule has 0 N–H and O–H groups in total. The topological polar surface area (TPSA) is 46.1 Å². The maximum Gasteiger partial charge on any atom is 0.231 e. The van der Waals surface area contributed by atoms with Crippen molar-refractivity contribution in [3.63, 3.8) is 0 Å². The van der Waals surface area contributed by atoms with Crippen LogP contribution < -0.4 is 4.90 Å². The number of carbonyl (C=O) groups is 1. The second-order valence-electron chi connectivity index (χ2n) is 6.60. The molecule has 0 spiro atoms. The fraction of sp³-hybridized carbons (Fsp3) is 0.0952. The van der Waals surface area contributed by atoms with Gasteiger partial charge in [-0.05, 0) is 29.8 Å². The third kappa shape index (κ3) is 3.57. The molecule has 1 atom stereocenters. The van der Waals surface area contributed by atoms with Crippen molar-refractivity contribution in [2.45, 2.75) is 12.5 Å². The van der Waals surface area contributed by atoms with E-state index in [1.807, 2.05) is 59.3 Å². The van der Waals surface area contributed by atoms with Crippen LogP contribution in [0.2, 0.25) is 10.0 Å². The molecule has 0 aliphatic carbocycles. The largest absolute Gasteiger partial charge is 0.280 e. The second-order valence-corrected chi connectivity index (χ2v) is 9.16. The van der Waals surface area contributed by atoms with E-state index in [-0.39, 0.29) is 11.9 Å². The van der Waals surface area contributed by atoms with Gasteiger partial charge in [0.25, 0.3) is 0 Å². The van der Waals surface area contributed by atoms with Gasteiger partial charge in [-0.3, -0.25) is 9.69 Å². The van der Waals surface area contributed by atoms with E-state index in [9.17, 15) is 4.79 Å². The van der Waals surface area contributed by atoms with E-state index in [1.54, 1.807) is 4.90 Å². The highest BCUT2D eigenvalue weighted by Gasteiger charge is 2.40. The van der Waals surface area contributed by atoms with E-state index in [0.29, 0.717) is 21.6 Å². The molecule has 4 aromatic rings. The van der Waals surface area contributed by atoms with E-state index in [1.165, 1.54) is 22.7 Å². The van der Waals surface area contributed by atoms with Crippen molar-refractivity contribution in [2.75, 3.05) is 4.90 Å². The Kier molecular flexibility index (Phi) is 4.87. The molecule has 0 saturated carbocycles. The van der Waals surface area contributed by atoms with E-state index in [4.69, 9.17) is 33.2 Å². The van der Waals surface area contributed by atoms with Crippen molar-refractivity contribution in [2.24, 2.45) is 0 Å². The van der Waals surface area contributed by atoms with Crippen LogP contribution >= 0.6 is 45.9 Å². The predicted molar refractivity (Wildman–Crippen MR) is 120 cm³/mol. The maximum atomic E-state index is 12.3. The van der Waals surface area contributed by atoms with Crippen LogP contribution in [-0.4, -0.2) is 15.9 Å². The standard InChI is InChI=1S/C21H13Cl2N3OS2/c22-14-5-1-12(2-6-14)16-10-28-20(24-16)17-11-29-21(25-17)26-18(9-19(26)27)13-3-7-15(23)8-4-13/h1-8,10-11,18H,9H2. The summed E-state index contributed by atoms with van der Waals surface area (Å²) in [7, 11) is 0. The summed E-state index contributed by atoms with van der Waals surface area (Å²) in [5, 5.41) is 6.85. The normalized spacial score (nSPS) is 16.1. The number of halogens is 2. The van der Waals surface area contributed by atoms with Crippen LogP contribution in [0.15, 0.2) is 59.3 Å². The van der Waals surface area contributed by atoms with Crippen LogP contribution in [0.3, 0.4) is 0 Å². The van der Waals surface area contributed by atoms with E-state index in [0.717, 1.165) is 27.5 Å². The lowest BCUT2D eigenvalue weighted by Crippen LogP contribution is -2.46. The average Bonchev–Trinajstić information content (AvgIpc) is 3.37. The third-order valence-electron chi connectivity index (χ3n) is 4.76. The molecule has 1 unspecified atom stereocenters. The zero-order chi connectivity index (χ0) is 20.0. The van der Waals surface area contributed by atoms with Gasteiger partial charge in [0.05, 0.1) is 18.2 Å². The van der Waals surface area contributed by atoms with Crippen molar-refractivity contribution in [3.05, 3.63) is 74.9 Å². The first-order valence-electron chi connectivity index (χ1n) is 8.83. The Morgan fingerprint density at radius 3 is 2.21 bits per heavy atom. The quantitative estimate of drug-likeness (QED) is 0.319. The number of thiazole rings is 2. The summed E-state index contributed by atoms with van der Waals surface area (Å²) in [5.74, 6) is 0.0758. The van der Waals surface area contributed by atoms with E-state index < -0.39 is 0 Å². The number of amides is 1. The lowest BCUT2D eigenvalue weighted by molar-refractivity contribution is -0.124.